The molecule has 1 unspecified atom stereocenters. The van der Waals surface area contributed by atoms with Crippen molar-refractivity contribution in [1.29, 1.82) is 5.26 Å². The van der Waals surface area contributed by atoms with Gasteiger partial charge in [-0.1, -0.05) is 12.1 Å². The predicted molar refractivity (Wildman–Crippen MR) is 110 cm³/mol. The zero-order valence-corrected chi connectivity index (χ0v) is 17.0. The largest absolute Gasteiger partial charge is 0.355 e. The molecule has 28 heavy (non-hydrogen) atoms. The molecule has 7 heteroatoms. The van der Waals surface area contributed by atoms with E-state index in [2.05, 4.69) is 16.7 Å². The Morgan fingerprint density at radius 3 is 2.61 bits per heavy atom. The molecule has 3 rings (SSSR count). The number of rotatable bonds is 6. The Morgan fingerprint density at radius 1 is 1.21 bits per heavy atom. The zero-order chi connectivity index (χ0) is 20.1. The molecule has 146 valence electrons. The number of quaternary nitrogens is 1. The maximum atomic E-state index is 12.5. The topological polar surface area (TPSA) is 86.4 Å². The first-order valence-corrected chi connectivity index (χ1v) is 10.3. The molecule has 2 amide bonds. The van der Waals surface area contributed by atoms with Crippen molar-refractivity contribution in [3.8, 4) is 6.07 Å². The lowest BCUT2D eigenvalue weighted by molar-refractivity contribution is -0.885. The first-order chi connectivity index (χ1) is 13.5. The SMILES string of the molecule is CNC(=O)c1ccc(C[NH+](C)CC(=O)Nc2sc3c(c2C#N)CCCC3)cc1. The van der Waals surface area contributed by atoms with Crippen molar-refractivity contribution in [1.82, 2.24) is 5.32 Å². The molecule has 1 aliphatic rings. The van der Waals surface area contributed by atoms with Crippen molar-refractivity contribution in [2.75, 3.05) is 26.0 Å². The highest BCUT2D eigenvalue weighted by atomic mass is 32.1. The molecule has 0 radical (unpaired) electrons. The molecule has 0 aliphatic heterocycles. The molecule has 1 atom stereocenters. The van der Waals surface area contributed by atoms with E-state index in [-0.39, 0.29) is 11.8 Å². The second kappa shape index (κ2) is 9.00. The fourth-order valence-corrected chi connectivity index (χ4v) is 4.80. The van der Waals surface area contributed by atoms with Crippen molar-refractivity contribution < 1.29 is 14.5 Å². The quantitative estimate of drug-likeness (QED) is 0.691. The number of aryl methyl sites for hydroxylation is 1. The van der Waals surface area contributed by atoms with E-state index in [4.69, 9.17) is 0 Å². The van der Waals surface area contributed by atoms with Crippen LogP contribution in [-0.2, 0) is 24.2 Å². The average Bonchev–Trinajstić information content (AvgIpc) is 3.04. The number of nitrogens with zero attached hydrogens (tertiary/aromatic N) is 1. The average molecular weight is 398 g/mol. The van der Waals surface area contributed by atoms with Gasteiger partial charge in [-0.2, -0.15) is 5.26 Å². The van der Waals surface area contributed by atoms with Crippen LogP contribution in [0.3, 0.4) is 0 Å². The Kier molecular flexibility index (Phi) is 6.45. The summed E-state index contributed by atoms with van der Waals surface area (Å²) in [5, 5.41) is 15.7. The minimum Gasteiger partial charge on any atom is -0.355 e. The summed E-state index contributed by atoms with van der Waals surface area (Å²) in [7, 11) is 3.56. The van der Waals surface area contributed by atoms with E-state index in [1.165, 1.54) is 4.88 Å². The summed E-state index contributed by atoms with van der Waals surface area (Å²) < 4.78 is 0. The van der Waals surface area contributed by atoms with Gasteiger partial charge >= 0.3 is 0 Å². The molecule has 1 aromatic carbocycles. The van der Waals surface area contributed by atoms with Gasteiger partial charge in [0.15, 0.2) is 6.54 Å². The lowest BCUT2D eigenvalue weighted by Gasteiger charge is -2.14. The van der Waals surface area contributed by atoms with Crippen LogP contribution in [0.1, 0.15) is 44.8 Å². The second-order valence-electron chi connectivity index (χ2n) is 7.16. The third kappa shape index (κ3) is 4.58. The zero-order valence-electron chi connectivity index (χ0n) is 16.2. The van der Waals surface area contributed by atoms with E-state index in [0.29, 0.717) is 29.2 Å². The van der Waals surface area contributed by atoms with E-state index in [1.807, 2.05) is 19.2 Å². The van der Waals surface area contributed by atoms with Gasteiger partial charge < -0.3 is 15.5 Å². The molecule has 2 aromatic rings. The number of hydrogen-bond acceptors (Lipinski definition) is 4. The molecule has 1 heterocycles. The van der Waals surface area contributed by atoms with Crippen LogP contribution in [0.2, 0.25) is 0 Å². The number of carbonyl (C=O) groups is 2. The number of fused-ring (bicyclic) bond motifs is 1. The van der Waals surface area contributed by atoms with Gasteiger partial charge in [-0.25, -0.2) is 0 Å². The first-order valence-electron chi connectivity index (χ1n) is 9.48. The van der Waals surface area contributed by atoms with Gasteiger partial charge in [-0.15, -0.1) is 11.3 Å². The number of anilines is 1. The van der Waals surface area contributed by atoms with E-state index in [9.17, 15) is 14.9 Å². The van der Waals surface area contributed by atoms with Gasteiger partial charge in [0.1, 0.15) is 17.6 Å². The molecule has 6 nitrogen and oxygen atoms in total. The van der Waals surface area contributed by atoms with Crippen LogP contribution in [0.5, 0.6) is 0 Å². The van der Waals surface area contributed by atoms with Gasteiger partial charge in [-0.05, 0) is 43.4 Å². The molecule has 0 saturated carbocycles. The van der Waals surface area contributed by atoms with E-state index < -0.39 is 0 Å². The molecule has 1 aromatic heterocycles. The third-order valence-electron chi connectivity index (χ3n) is 4.95. The Balaban J connectivity index is 1.58. The second-order valence-corrected chi connectivity index (χ2v) is 8.27. The molecule has 0 fully saturated rings. The van der Waals surface area contributed by atoms with Crippen molar-refractivity contribution in [2.45, 2.75) is 32.2 Å². The molecule has 0 spiro atoms. The highest BCUT2D eigenvalue weighted by molar-refractivity contribution is 7.16. The van der Waals surface area contributed by atoms with Gasteiger partial charge in [0.2, 0.25) is 0 Å². The van der Waals surface area contributed by atoms with Gasteiger partial charge in [0, 0.05) is 23.1 Å². The molecule has 1 aliphatic carbocycles. The van der Waals surface area contributed by atoms with Crippen molar-refractivity contribution >= 4 is 28.2 Å². The van der Waals surface area contributed by atoms with Crippen LogP contribution in [0, 0.1) is 11.3 Å². The Morgan fingerprint density at radius 2 is 1.93 bits per heavy atom. The third-order valence-corrected chi connectivity index (χ3v) is 6.15. The Labute approximate surface area is 169 Å². The lowest BCUT2D eigenvalue weighted by Crippen LogP contribution is -3.08. The highest BCUT2D eigenvalue weighted by Crippen LogP contribution is 2.37. The Hall–Kier alpha value is -2.69. The van der Waals surface area contributed by atoms with Crippen LogP contribution < -0.4 is 15.5 Å². The molecule has 3 N–H and O–H groups in total. The Bertz CT molecular complexity index is 912. The number of amides is 2. The summed E-state index contributed by atoms with van der Waals surface area (Å²) in [6.45, 7) is 0.984. The smallest absolute Gasteiger partial charge is 0.280 e. The minimum absolute atomic E-state index is 0.0884. The van der Waals surface area contributed by atoms with Crippen molar-refractivity contribution in [3.05, 3.63) is 51.4 Å². The van der Waals surface area contributed by atoms with Crippen LogP contribution >= 0.6 is 11.3 Å². The summed E-state index contributed by atoms with van der Waals surface area (Å²) in [6.07, 6.45) is 4.19. The van der Waals surface area contributed by atoms with Crippen LogP contribution in [-0.4, -0.2) is 32.5 Å². The monoisotopic (exact) mass is 397 g/mol. The van der Waals surface area contributed by atoms with Gasteiger partial charge in [-0.3, -0.25) is 9.59 Å². The van der Waals surface area contributed by atoms with Gasteiger partial charge in [0.05, 0.1) is 12.6 Å². The van der Waals surface area contributed by atoms with E-state index in [1.54, 1.807) is 30.5 Å². The molecule has 0 bridgehead atoms. The first kappa shape index (κ1) is 20.1. The van der Waals surface area contributed by atoms with Crippen LogP contribution in [0.25, 0.3) is 0 Å². The standard InChI is InChI=1S/C21H24N4O2S/c1-23-20(27)15-9-7-14(8-10-15)12-25(2)13-19(26)24-21-17(11-22)16-5-3-4-6-18(16)28-21/h7-10H,3-6,12-13H2,1-2H3,(H,23,27)(H,24,26)/p+1. The van der Waals surface area contributed by atoms with E-state index in [0.717, 1.165) is 41.7 Å². The lowest BCUT2D eigenvalue weighted by atomic mass is 9.96. The van der Waals surface area contributed by atoms with Crippen LogP contribution in [0.4, 0.5) is 5.00 Å². The molecular weight excluding hydrogens is 372 g/mol. The number of likely N-dealkylation sites (N-methyl/N-ethyl adjacent to an activating group) is 1. The summed E-state index contributed by atoms with van der Waals surface area (Å²) in [6, 6.07) is 9.67. The number of benzene rings is 1. The van der Waals surface area contributed by atoms with Crippen molar-refractivity contribution in [3.63, 3.8) is 0 Å². The maximum Gasteiger partial charge on any atom is 0.280 e. The number of nitriles is 1. The fraction of sp³-hybridized carbons (Fsp3) is 0.381. The normalized spacial score (nSPS) is 13.9. The molecular formula is C21H25N4O2S+. The summed E-state index contributed by atoms with van der Waals surface area (Å²) >= 11 is 1.55. The fourth-order valence-electron chi connectivity index (χ4n) is 3.55. The number of hydrogen-bond donors (Lipinski definition) is 3. The maximum absolute atomic E-state index is 12.5. The van der Waals surface area contributed by atoms with Gasteiger partial charge in [0.25, 0.3) is 11.8 Å². The minimum atomic E-state index is -0.112. The summed E-state index contributed by atoms with van der Waals surface area (Å²) in [5.41, 5.74) is 3.45. The predicted octanol–water partition coefficient (Wildman–Crippen LogP) is 1.51. The number of thiophene rings is 1. The number of carbonyl (C=O) groups excluding carboxylic acids is 2. The summed E-state index contributed by atoms with van der Waals surface area (Å²) in [5.74, 6) is -0.201. The highest BCUT2D eigenvalue weighted by Gasteiger charge is 2.22. The number of nitrogens with one attached hydrogen (secondary N) is 3. The summed E-state index contributed by atoms with van der Waals surface area (Å²) in [4.78, 5) is 26.4. The van der Waals surface area contributed by atoms with Crippen molar-refractivity contribution in [2.24, 2.45) is 0 Å². The molecule has 0 saturated heterocycles. The van der Waals surface area contributed by atoms with E-state index >= 15 is 0 Å². The van der Waals surface area contributed by atoms with Crippen LogP contribution in [0.15, 0.2) is 24.3 Å².